The van der Waals surface area contributed by atoms with E-state index in [-0.39, 0.29) is 6.54 Å². The molecule has 0 saturated carbocycles. The molecule has 0 aliphatic heterocycles. The van der Waals surface area contributed by atoms with E-state index in [0.29, 0.717) is 16.6 Å². The molecular weight excluding hydrogens is 395 g/mol. The summed E-state index contributed by atoms with van der Waals surface area (Å²) in [4.78, 5) is 17.2. The minimum absolute atomic E-state index is 0.0255. The fourth-order valence-corrected chi connectivity index (χ4v) is 3.49. The third kappa shape index (κ3) is 3.48. The number of alkyl halides is 3. The highest BCUT2D eigenvalue weighted by Gasteiger charge is 2.30. The molecule has 2 aromatic carbocycles. The van der Waals surface area contributed by atoms with Crippen LogP contribution in [-0.4, -0.2) is 25.7 Å². The Hall–Kier alpha value is -3.46. The average Bonchev–Trinajstić information content (AvgIpc) is 3.00. The summed E-state index contributed by atoms with van der Waals surface area (Å²) in [6, 6.07) is 9.62. The molecule has 2 N–H and O–H groups in total. The van der Waals surface area contributed by atoms with Crippen LogP contribution in [0.25, 0.3) is 21.8 Å². The zero-order valence-corrected chi connectivity index (χ0v) is 16.2. The van der Waals surface area contributed by atoms with Crippen molar-refractivity contribution in [1.29, 1.82) is 0 Å². The number of carbonyl (C=O) groups is 1. The summed E-state index contributed by atoms with van der Waals surface area (Å²) in [6.07, 6.45) is -2.66. The van der Waals surface area contributed by atoms with Crippen LogP contribution >= 0.6 is 0 Å². The maximum absolute atomic E-state index is 12.8. The van der Waals surface area contributed by atoms with Gasteiger partial charge in [0.1, 0.15) is 0 Å². The molecule has 0 saturated heterocycles. The molecule has 154 valence electrons. The molecule has 0 atom stereocenters. The van der Waals surface area contributed by atoms with Crippen LogP contribution in [0.1, 0.15) is 27.2 Å². The maximum atomic E-state index is 12.8. The Labute approximate surface area is 169 Å². The van der Waals surface area contributed by atoms with E-state index in [1.54, 1.807) is 29.1 Å². The van der Waals surface area contributed by atoms with Crippen LogP contribution in [0.2, 0.25) is 0 Å². The van der Waals surface area contributed by atoms with E-state index in [9.17, 15) is 18.0 Å². The summed E-state index contributed by atoms with van der Waals surface area (Å²) in [5, 5.41) is 7.05. The molecule has 0 aliphatic carbocycles. The minimum Gasteiger partial charge on any atom is -0.272 e. The lowest BCUT2D eigenvalue weighted by atomic mass is 10.1. The first-order chi connectivity index (χ1) is 14.1. The molecule has 30 heavy (non-hydrogen) atoms. The molecular formula is C21H18F3N5O. The number of amides is 1. The van der Waals surface area contributed by atoms with Crippen molar-refractivity contribution in [3.8, 4) is 0 Å². The predicted octanol–water partition coefficient (Wildman–Crippen LogP) is 3.96. The molecule has 4 aromatic rings. The Morgan fingerprint density at radius 3 is 2.50 bits per heavy atom. The van der Waals surface area contributed by atoms with Crippen LogP contribution in [0.5, 0.6) is 0 Å². The SMILES string of the molecule is Cc1nn(C)c2c1cnc1ccc(C(=O)N(N)Cc3ccc(C(F)(F)F)cc3)cc12. The van der Waals surface area contributed by atoms with Gasteiger partial charge in [0, 0.05) is 29.6 Å². The molecule has 2 heterocycles. The van der Waals surface area contributed by atoms with Gasteiger partial charge in [-0.25, -0.2) is 5.84 Å². The number of fused-ring (bicyclic) bond motifs is 3. The zero-order valence-electron chi connectivity index (χ0n) is 16.2. The number of nitrogens with two attached hydrogens (primary N) is 1. The summed E-state index contributed by atoms with van der Waals surface area (Å²) in [6.45, 7) is 1.86. The van der Waals surface area contributed by atoms with Crippen LogP contribution in [-0.2, 0) is 19.8 Å². The Bertz CT molecular complexity index is 1260. The highest BCUT2D eigenvalue weighted by molar-refractivity contribution is 6.07. The van der Waals surface area contributed by atoms with Gasteiger partial charge in [0.2, 0.25) is 0 Å². The van der Waals surface area contributed by atoms with E-state index in [1.807, 2.05) is 14.0 Å². The first-order valence-electron chi connectivity index (χ1n) is 9.10. The lowest BCUT2D eigenvalue weighted by molar-refractivity contribution is -0.137. The van der Waals surface area contributed by atoms with Crippen molar-refractivity contribution < 1.29 is 18.0 Å². The number of hydrogen-bond donors (Lipinski definition) is 1. The second-order valence-electron chi connectivity index (χ2n) is 7.09. The largest absolute Gasteiger partial charge is 0.416 e. The van der Waals surface area contributed by atoms with E-state index in [4.69, 9.17) is 5.84 Å². The minimum atomic E-state index is -4.41. The monoisotopic (exact) mass is 413 g/mol. The maximum Gasteiger partial charge on any atom is 0.416 e. The Balaban J connectivity index is 1.63. The summed E-state index contributed by atoms with van der Waals surface area (Å²) < 4.78 is 39.8. The van der Waals surface area contributed by atoms with Crippen molar-refractivity contribution in [1.82, 2.24) is 19.8 Å². The number of halogens is 3. The molecule has 0 unspecified atom stereocenters. The topological polar surface area (TPSA) is 77.0 Å². The van der Waals surface area contributed by atoms with Crippen molar-refractivity contribution in [2.75, 3.05) is 0 Å². The van der Waals surface area contributed by atoms with Gasteiger partial charge < -0.3 is 0 Å². The Morgan fingerprint density at radius 1 is 1.13 bits per heavy atom. The number of benzene rings is 2. The van der Waals surface area contributed by atoms with Gasteiger partial charge in [0.25, 0.3) is 5.91 Å². The van der Waals surface area contributed by atoms with Crippen molar-refractivity contribution in [3.05, 3.63) is 71.0 Å². The van der Waals surface area contributed by atoms with E-state index in [1.165, 1.54) is 12.1 Å². The fourth-order valence-electron chi connectivity index (χ4n) is 3.49. The van der Waals surface area contributed by atoms with Gasteiger partial charge in [0.15, 0.2) is 0 Å². The van der Waals surface area contributed by atoms with Gasteiger partial charge in [-0.3, -0.25) is 19.5 Å². The normalized spacial score (nSPS) is 11.9. The second-order valence-corrected chi connectivity index (χ2v) is 7.09. The van der Waals surface area contributed by atoms with Crippen molar-refractivity contribution >= 4 is 27.7 Å². The predicted molar refractivity (Wildman–Crippen MR) is 106 cm³/mol. The van der Waals surface area contributed by atoms with E-state index in [2.05, 4.69) is 10.1 Å². The van der Waals surface area contributed by atoms with Crippen molar-refractivity contribution in [2.24, 2.45) is 12.9 Å². The smallest absolute Gasteiger partial charge is 0.272 e. The van der Waals surface area contributed by atoms with Crippen LogP contribution in [0.4, 0.5) is 13.2 Å². The number of hydrazine groups is 1. The lowest BCUT2D eigenvalue weighted by Gasteiger charge is -2.17. The fraction of sp³-hybridized carbons (Fsp3) is 0.190. The van der Waals surface area contributed by atoms with Gasteiger partial charge in [-0.15, -0.1) is 0 Å². The quantitative estimate of drug-likeness (QED) is 0.313. The zero-order chi connectivity index (χ0) is 21.6. The standard InChI is InChI=1S/C21H18F3N5O/c1-12-17-10-26-18-8-5-14(9-16(18)19(17)28(2)27-12)20(30)29(25)11-13-3-6-15(7-4-13)21(22,23)24/h3-10H,11,25H2,1-2H3. The number of carbonyl (C=O) groups excluding carboxylic acids is 1. The molecule has 4 rings (SSSR count). The van der Waals surface area contributed by atoms with Crippen molar-refractivity contribution in [2.45, 2.75) is 19.6 Å². The van der Waals surface area contributed by atoms with Gasteiger partial charge in [0.05, 0.1) is 28.8 Å². The average molecular weight is 413 g/mol. The number of rotatable bonds is 3. The third-order valence-corrected chi connectivity index (χ3v) is 4.99. The molecule has 0 fully saturated rings. The highest BCUT2D eigenvalue weighted by atomic mass is 19.4. The first-order valence-corrected chi connectivity index (χ1v) is 9.10. The molecule has 0 spiro atoms. The lowest BCUT2D eigenvalue weighted by Crippen LogP contribution is -2.36. The van der Waals surface area contributed by atoms with Crippen LogP contribution in [0, 0.1) is 6.92 Å². The van der Waals surface area contributed by atoms with Crippen LogP contribution < -0.4 is 5.84 Å². The highest BCUT2D eigenvalue weighted by Crippen LogP contribution is 2.29. The summed E-state index contributed by atoms with van der Waals surface area (Å²) in [7, 11) is 1.82. The van der Waals surface area contributed by atoms with Gasteiger partial charge in [-0.1, -0.05) is 12.1 Å². The Morgan fingerprint density at radius 2 is 1.83 bits per heavy atom. The second kappa shape index (κ2) is 7.10. The molecule has 6 nitrogen and oxygen atoms in total. The third-order valence-electron chi connectivity index (χ3n) is 4.99. The summed E-state index contributed by atoms with van der Waals surface area (Å²) in [5.41, 5.74) is 2.50. The molecule has 9 heteroatoms. The summed E-state index contributed by atoms with van der Waals surface area (Å²) in [5.74, 6) is 5.47. The molecule has 2 aromatic heterocycles. The number of hydrogen-bond acceptors (Lipinski definition) is 4. The first kappa shape index (κ1) is 19.8. The summed E-state index contributed by atoms with van der Waals surface area (Å²) >= 11 is 0. The number of pyridine rings is 1. The van der Waals surface area contributed by atoms with Gasteiger partial charge >= 0.3 is 6.18 Å². The van der Waals surface area contributed by atoms with Gasteiger partial charge in [-0.05, 0) is 42.8 Å². The van der Waals surface area contributed by atoms with E-state index in [0.717, 1.165) is 39.1 Å². The van der Waals surface area contributed by atoms with Crippen molar-refractivity contribution in [3.63, 3.8) is 0 Å². The number of nitrogens with zero attached hydrogens (tertiary/aromatic N) is 4. The van der Waals surface area contributed by atoms with E-state index < -0.39 is 17.6 Å². The Kier molecular flexibility index (Phi) is 4.70. The van der Waals surface area contributed by atoms with Crippen LogP contribution in [0.15, 0.2) is 48.7 Å². The van der Waals surface area contributed by atoms with Gasteiger partial charge in [-0.2, -0.15) is 18.3 Å². The molecule has 1 amide bonds. The molecule has 0 bridgehead atoms. The molecule has 0 radical (unpaired) electrons. The number of aromatic nitrogens is 3. The van der Waals surface area contributed by atoms with E-state index >= 15 is 0 Å². The molecule has 0 aliphatic rings. The van der Waals surface area contributed by atoms with Crippen LogP contribution in [0.3, 0.4) is 0 Å². The number of aryl methyl sites for hydroxylation is 2.